The number of hydrogen-bond acceptors (Lipinski definition) is 3. The third-order valence-corrected chi connectivity index (χ3v) is 11.1. The molecule has 0 N–H and O–H groups in total. The summed E-state index contributed by atoms with van der Waals surface area (Å²) in [5.74, 6) is 0. The molecule has 11 rings (SSSR count). The van der Waals surface area contributed by atoms with E-state index in [1.54, 1.807) is 83.4 Å². The van der Waals surface area contributed by atoms with Crippen LogP contribution < -0.4 is 9.80 Å². The molecule has 0 saturated heterocycles. The summed E-state index contributed by atoms with van der Waals surface area (Å²) in [4.78, 5) is 3.01. The molecule has 0 amide bonds. The van der Waals surface area contributed by atoms with E-state index in [0.717, 1.165) is 0 Å². The molecule has 274 valence electrons. The van der Waals surface area contributed by atoms with Gasteiger partial charge >= 0.3 is 0 Å². The first-order valence-electron chi connectivity index (χ1n) is 28.0. The first kappa shape index (κ1) is 19.2. The van der Waals surface area contributed by atoms with E-state index >= 15 is 0 Å². The lowest BCUT2D eigenvalue weighted by molar-refractivity contribution is 1.18. The van der Waals surface area contributed by atoms with Gasteiger partial charge in [-0.1, -0.05) is 139 Å². The fourth-order valence-electron chi connectivity index (χ4n) is 7.46. The number of hydrogen-bond donors (Lipinski definition) is 0. The van der Waals surface area contributed by atoms with E-state index in [4.69, 9.17) is 24.7 Å². The second kappa shape index (κ2) is 14.3. The van der Waals surface area contributed by atoms with E-state index < -0.39 is 121 Å². The van der Waals surface area contributed by atoms with Crippen molar-refractivity contribution in [3.63, 3.8) is 0 Å². The Kier molecular flexibility index (Phi) is 4.72. The van der Waals surface area contributed by atoms with Gasteiger partial charge in [0.1, 0.15) is 0 Å². The lowest BCUT2D eigenvalue weighted by Gasteiger charge is -2.26. The van der Waals surface area contributed by atoms with Gasteiger partial charge in [0.25, 0.3) is 0 Å². The van der Waals surface area contributed by atoms with Crippen LogP contribution in [0.4, 0.5) is 34.1 Å². The standard InChI is InChI=1S/C54H37N3S/c1-5-16-38(17-6-1)39-28-30-43(31-29-39)56(41-20-9-3-10-21-41)51-27-15-25-49-48-35-33-45(37-53(48)58-54(49)51)55(40-18-7-2-8-19-40)44-32-34-47-46-24-13-14-26-50(46)57(52(47)36-44)42-22-11-4-12-23-42/h1-37H/i1D,2D,3D,4D,5D,6D,7D,8D,9D,10D,11D,12D,16D,17D,18D,19D,20D,21D,22D,23D. The van der Waals surface area contributed by atoms with E-state index in [1.807, 2.05) is 12.1 Å². The fraction of sp³-hybridized carbons (Fsp3) is 0. The van der Waals surface area contributed by atoms with Crippen LogP contribution in [-0.4, -0.2) is 4.57 Å². The average Bonchev–Trinajstić information content (AvgIpc) is 3.98. The quantitative estimate of drug-likeness (QED) is 0.152. The molecule has 9 aromatic carbocycles. The molecule has 0 spiro atoms. The first-order chi connectivity index (χ1) is 37.1. The van der Waals surface area contributed by atoms with Crippen molar-refractivity contribution >= 4 is 87.4 Å². The van der Waals surface area contributed by atoms with Crippen molar-refractivity contribution in [3.05, 3.63) is 224 Å². The van der Waals surface area contributed by atoms with Gasteiger partial charge in [-0.15, -0.1) is 11.3 Å². The minimum absolute atomic E-state index is 0.0571. The summed E-state index contributed by atoms with van der Waals surface area (Å²) >= 11 is 1.26. The van der Waals surface area contributed by atoms with Crippen LogP contribution in [0.1, 0.15) is 27.4 Å². The van der Waals surface area contributed by atoms with Crippen LogP contribution in [0, 0.1) is 0 Å². The van der Waals surface area contributed by atoms with Crippen molar-refractivity contribution in [3.8, 4) is 16.8 Å². The average molecular weight is 780 g/mol. The van der Waals surface area contributed by atoms with Gasteiger partial charge in [-0.05, 0) is 95.9 Å². The number of para-hydroxylation sites is 4. The highest BCUT2D eigenvalue weighted by atomic mass is 32.1. The summed E-state index contributed by atoms with van der Waals surface area (Å²) in [6.07, 6.45) is 0. The molecule has 0 unspecified atom stereocenters. The molecule has 58 heavy (non-hydrogen) atoms. The van der Waals surface area contributed by atoms with Crippen LogP contribution in [0.5, 0.6) is 0 Å². The lowest BCUT2D eigenvalue weighted by Crippen LogP contribution is -2.09. The van der Waals surface area contributed by atoms with Gasteiger partial charge in [0.05, 0.1) is 48.8 Å². The summed E-state index contributed by atoms with van der Waals surface area (Å²) in [5.41, 5.74) is 1.83. The van der Waals surface area contributed by atoms with Crippen molar-refractivity contribution in [2.75, 3.05) is 9.80 Å². The molecule has 4 heteroatoms. The predicted molar refractivity (Wildman–Crippen MR) is 248 cm³/mol. The highest BCUT2D eigenvalue weighted by Crippen LogP contribution is 2.47. The van der Waals surface area contributed by atoms with Crippen LogP contribution in [-0.2, 0) is 0 Å². The number of nitrogens with zero attached hydrogens (tertiary/aromatic N) is 3. The van der Waals surface area contributed by atoms with Gasteiger partial charge in [-0.25, -0.2) is 0 Å². The second-order valence-electron chi connectivity index (χ2n) is 13.1. The third kappa shape index (κ3) is 5.82. The van der Waals surface area contributed by atoms with Crippen molar-refractivity contribution in [1.29, 1.82) is 0 Å². The largest absolute Gasteiger partial charge is 0.310 e. The SMILES string of the molecule is [2H]c1c([2H])c([2H])c(-c2ccc(N(c3c([2H])c([2H])c([2H])c([2H])c3[2H])c3cccc4c3sc3cc(N(c5ccc6c7ccccc7n(-c7c([2H])c([2H])c([2H])c([2H])c7[2H])c6c5)c5c([2H])c([2H])c([2H])c([2H])c5[2H])ccc34)cc2)c([2H])c1[2H]. The van der Waals surface area contributed by atoms with Crippen LogP contribution in [0.3, 0.4) is 0 Å². The summed E-state index contributed by atoms with van der Waals surface area (Å²) < 4.78 is 176. The second-order valence-corrected chi connectivity index (χ2v) is 14.2. The number of anilines is 6. The van der Waals surface area contributed by atoms with E-state index in [0.29, 0.717) is 59.0 Å². The van der Waals surface area contributed by atoms with Crippen molar-refractivity contribution < 1.29 is 27.4 Å². The molecule has 0 aliphatic heterocycles. The van der Waals surface area contributed by atoms with Gasteiger partial charge in [0.15, 0.2) is 0 Å². The number of benzene rings is 9. The monoisotopic (exact) mass is 779 g/mol. The number of fused-ring (bicyclic) bond motifs is 6. The van der Waals surface area contributed by atoms with Gasteiger partial charge in [-0.2, -0.15) is 0 Å². The molecule has 0 aliphatic rings. The normalized spacial score (nSPS) is 16.3. The zero-order chi connectivity index (χ0) is 55.8. The van der Waals surface area contributed by atoms with E-state index in [2.05, 4.69) is 0 Å². The van der Waals surface area contributed by atoms with Crippen LogP contribution >= 0.6 is 11.3 Å². The molecule has 0 bridgehead atoms. The molecule has 3 nitrogen and oxygen atoms in total. The van der Waals surface area contributed by atoms with Crippen molar-refractivity contribution in [2.24, 2.45) is 0 Å². The Morgan fingerprint density at radius 2 is 0.966 bits per heavy atom. The molecule has 2 heterocycles. The molecule has 2 aromatic heterocycles. The van der Waals surface area contributed by atoms with E-state index in [9.17, 15) is 2.74 Å². The Morgan fingerprint density at radius 1 is 0.397 bits per heavy atom. The molecular weight excluding hydrogens is 723 g/mol. The van der Waals surface area contributed by atoms with Crippen molar-refractivity contribution in [1.82, 2.24) is 4.57 Å². The molecule has 0 saturated carbocycles. The Hall–Kier alpha value is -7.40. The molecule has 0 atom stereocenters. The summed E-state index contributed by atoms with van der Waals surface area (Å²) in [6.45, 7) is 0. The summed E-state index contributed by atoms with van der Waals surface area (Å²) in [5, 5.41) is 2.68. The van der Waals surface area contributed by atoms with E-state index in [1.165, 1.54) is 33.3 Å². The van der Waals surface area contributed by atoms with Crippen LogP contribution in [0.2, 0.25) is 0 Å². The lowest BCUT2D eigenvalue weighted by atomic mass is 10.0. The fourth-order valence-corrected chi connectivity index (χ4v) is 8.70. The maximum atomic E-state index is 9.25. The minimum atomic E-state index is -0.620. The molecule has 0 radical (unpaired) electrons. The Balaban J connectivity index is 1.15. The summed E-state index contributed by atoms with van der Waals surface area (Å²) in [7, 11) is 0. The zero-order valence-corrected chi connectivity index (χ0v) is 30.9. The van der Waals surface area contributed by atoms with Gasteiger partial charge in [-0.3, -0.25) is 0 Å². The maximum Gasteiger partial charge on any atom is 0.0645 e. The Morgan fingerprint density at radius 3 is 1.69 bits per heavy atom. The predicted octanol–water partition coefficient (Wildman–Crippen LogP) is 15.8. The van der Waals surface area contributed by atoms with Crippen LogP contribution in [0.15, 0.2) is 224 Å². The maximum absolute atomic E-state index is 9.25. The topological polar surface area (TPSA) is 11.4 Å². The van der Waals surface area contributed by atoms with E-state index in [-0.39, 0.29) is 33.9 Å². The van der Waals surface area contributed by atoms with Gasteiger partial charge in [0.2, 0.25) is 0 Å². The number of aromatic nitrogens is 1. The summed E-state index contributed by atoms with van der Waals surface area (Å²) in [6, 6.07) is 18.3. The third-order valence-electron chi connectivity index (χ3n) is 9.92. The molecule has 0 fully saturated rings. The minimum Gasteiger partial charge on any atom is -0.310 e. The molecular formula is C54H37N3S. The highest BCUT2D eigenvalue weighted by molar-refractivity contribution is 7.26. The highest BCUT2D eigenvalue weighted by Gasteiger charge is 2.21. The van der Waals surface area contributed by atoms with Crippen molar-refractivity contribution in [2.45, 2.75) is 0 Å². The Bertz CT molecular complexity index is 4310. The van der Waals surface area contributed by atoms with Gasteiger partial charge < -0.3 is 14.4 Å². The number of rotatable bonds is 8. The smallest absolute Gasteiger partial charge is 0.0645 e. The molecule has 11 aromatic rings. The first-order valence-corrected chi connectivity index (χ1v) is 18.9. The molecule has 0 aliphatic carbocycles. The zero-order valence-electron chi connectivity index (χ0n) is 50.1. The Labute approximate surface area is 369 Å². The van der Waals surface area contributed by atoms with Crippen LogP contribution in [0.25, 0.3) is 58.8 Å². The van der Waals surface area contributed by atoms with Gasteiger partial charge in [0, 0.05) is 60.4 Å². The number of thiophene rings is 1.